The van der Waals surface area contributed by atoms with Crippen LogP contribution < -0.4 is 5.73 Å². The van der Waals surface area contributed by atoms with E-state index >= 15 is 0 Å². The summed E-state index contributed by atoms with van der Waals surface area (Å²) in [6.07, 6.45) is 3.88. The molecule has 2 N–H and O–H groups in total. The van der Waals surface area contributed by atoms with Crippen LogP contribution in [0, 0.1) is 16.0 Å². The Bertz CT molecular complexity index is 681. The third-order valence-corrected chi connectivity index (χ3v) is 5.87. The van der Waals surface area contributed by atoms with E-state index in [2.05, 4.69) is 0 Å². The molecule has 7 nitrogen and oxygen atoms in total. The number of nitrogens with zero attached hydrogens (tertiary/aromatic N) is 2. The van der Waals surface area contributed by atoms with Crippen molar-refractivity contribution in [2.24, 2.45) is 5.92 Å². The summed E-state index contributed by atoms with van der Waals surface area (Å²) in [5.74, 6) is 0.444. The van der Waals surface area contributed by atoms with Gasteiger partial charge in [-0.1, -0.05) is 0 Å². The molecule has 0 radical (unpaired) electrons. The Morgan fingerprint density at radius 2 is 1.95 bits per heavy atom. The standard InChI is InChI=1S/C13H17N3O4S/c14-12-7-11(16(17)18)5-6-13(12)21(19,20)15(10-3-4-10)8-9-1-2-9/h5-7,9-10H,1-4,8,14H2. The van der Waals surface area contributed by atoms with Gasteiger partial charge in [-0.25, -0.2) is 8.42 Å². The maximum atomic E-state index is 12.8. The molecule has 3 rings (SSSR count). The fourth-order valence-electron chi connectivity index (χ4n) is 2.37. The third-order valence-electron chi connectivity index (χ3n) is 3.88. The molecule has 2 aliphatic rings. The number of anilines is 1. The highest BCUT2D eigenvalue weighted by atomic mass is 32.2. The molecule has 0 spiro atoms. The lowest BCUT2D eigenvalue weighted by molar-refractivity contribution is -0.384. The molecule has 0 heterocycles. The van der Waals surface area contributed by atoms with Gasteiger partial charge in [-0.05, 0) is 37.7 Å². The quantitative estimate of drug-likeness (QED) is 0.489. The average Bonchev–Trinajstić information content (AvgIpc) is 3.27. The van der Waals surface area contributed by atoms with Crippen molar-refractivity contribution >= 4 is 21.4 Å². The Morgan fingerprint density at radius 3 is 2.43 bits per heavy atom. The Hall–Kier alpha value is -1.67. The maximum Gasteiger partial charge on any atom is 0.271 e. The molecule has 0 atom stereocenters. The summed E-state index contributed by atoms with van der Waals surface area (Å²) in [6, 6.07) is 3.59. The number of rotatable bonds is 6. The van der Waals surface area contributed by atoms with E-state index in [-0.39, 0.29) is 22.3 Å². The van der Waals surface area contributed by atoms with E-state index in [1.807, 2.05) is 0 Å². The highest BCUT2D eigenvalue weighted by molar-refractivity contribution is 7.89. The normalized spacial score (nSPS) is 18.9. The minimum Gasteiger partial charge on any atom is -0.397 e. The molecule has 2 aliphatic carbocycles. The van der Waals surface area contributed by atoms with E-state index in [0.29, 0.717) is 12.5 Å². The van der Waals surface area contributed by atoms with Gasteiger partial charge < -0.3 is 5.73 Å². The van der Waals surface area contributed by atoms with Crippen molar-refractivity contribution in [2.45, 2.75) is 36.6 Å². The average molecular weight is 311 g/mol. The first-order valence-corrected chi connectivity index (χ1v) is 8.39. The molecular formula is C13H17N3O4S. The van der Waals surface area contributed by atoms with Crippen LogP contribution >= 0.6 is 0 Å². The fourth-order valence-corrected chi connectivity index (χ4v) is 4.23. The van der Waals surface area contributed by atoms with Gasteiger partial charge in [0.15, 0.2) is 0 Å². The van der Waals surface area contributed by atoms with Crippen LogP contribution in [0.4, 0.5) is 11.4 Å². The van der Waals surface area contributed by atoms with Crippen molar-refractivity contribution in [3.63, 3.8) is 0 Å². The first kappa shape index (κ1) is 14.3. The van der Waals surface area contributed by atoms with Crippen LogP contribution in [0.15, 0.2) is 23.1 Å². The number of nitrogens with two attached hydrogens (primary N) is 1. The second kappa shape index (κ2) is 4.96. The Kier molecular flexibility index (Phi) is 3.37. The zero-order valence-electron chi connectivity index (χ0n) is 11.4. The minimum atomic E-state index is -3.68. The van der Waals surface area contributed by atoms with Gasteiger partial charge in [0.05, 0.1) is 10.6 Å². The van der Waals surface area contributed by atoms with Crippen LogP contribution in [-0.4, -0.2) is 30.2 Å². The zero-order chi connectivity index (χ0) is 15.2. The van der Waals surface area contributed by atoms with Crippen molar-refractivity contribution in [2.75, 3.05) is 12.3 Å². The highest BCUT2D eigenvalue weighted by Crippen LogP contribution is 2.39. The van der Waals surface area contributed by atoms with Crippen LogP contribution in [0.25, 0.3) is 0 Å². The summed E-state index contributed by atoms with van der Waals surface area (Å²) in [5, 5.41) is 10.7. The minimum absolute atomic E-state index is 0.0272. The number of nitro benzene ring substituents is 1. The van der Waals surface area contributed by atoms with E-state index in [1.165, 1.54) is 16.4 Å². The molecular weight excluding hydrogens is 294 g/mol. The van der Waals surface area contributed by atoms with E-state index in [9.17, 15) is 18.5 Å². The van der Waals surface area contributed by atoms with Gasteiger partial charge in [-0.2, -0.15) is 4.31 Å². The summed E-state index contributed by atoms with van der Waals surface area (Å²) in [4.78, 5) is 10.1. The van der Waals surface area contributed by atoms with Crippen molar-refractivity contribution in [3.05, 3.63) is 28.3 Å². The van der Waals surface area contributed by atoms with Gasteiger partial charge in [0, 0.05) is 24.7 Å². The molecule has 0 aromatic heterocycles. The smallest absolute Gasteiger partial charge is 0.271 e. The number of benzene rings is 1. The highest BCUT2D eigenvalue weighted by Gasteiger charge is 2.41. The molecule has 2 saturated carbocycles. The fraction of sp³-hybridized carbons (Fsp3) is 0.538. The zero-order valence-corrected chi connectivity index (χ0v) is 12.3. The van der Waals surface area contributed by atoms with E-state index < -0.39 is 14.9 Å². The summed E-state index contributed by atoms with van der Waals surface area (Å²) >= 11 is 0. The molecule has 0 aliphatic heterocycles. The molecule has 0 saturated heterocycles. The third kappa shape index (κ3) is 2.86. The van der Waals surface area contributed by atoms with Crippen LogP contribution in [0.5, 0.6) is 0 Å². The summed E-state index contributed by atoms with van der Waals surface area (Å²) in [5.41, 5.74) is 5.47. The van der Waals surface area contributed by atoms with Crippen LogP contribution in [0.2, 0.25) is 0 Å². The van der Waals surface area contributed by atoms with Crippen molar-refractivity contribution in [1.29, 1.82) is 0 Å². The summed E-state index contributed by atoms with van der Waals surface area (Å²) in [7, 11) is -3.68. The van der Waals surface area contributed by atoms with Crippen molar-refractivity contribution in [3.8, 4) is 0 Å². The second-order valence-corrected chi connectivity index (χ2v) is 7.59. The van der Waals surface area contributed by atoms with Crippen molar-refractivity contribution in [1.82, 2.24) is 4.31 Å². The first-order chi connectivity index (χ1) is 9.89. The van der Waals surface area contributed by atoms with Crippen molar-refractivity contribution < 1.29 is 13.3 Å². The topological polar surface area (TPSA) is 107 Å². The van der Waals surface area contributed by atoms with Gasteiger partial charge in [-0.15, -0.1) is 0 Å². The number of nitrogen functional groups attached to an aromatic ring is 1. The van der Waals surface area contributed by atoms with Crippen LogP contribution in [0.3, 0.4) is 0 Å². The molecule has 0 amide bonds. The van der Waals surface area contributed by atoms with E-state index in [1.54, 1.807) is 0 Å². The number of hydrogen-bond acceptors (Lipinski definition) is 5. The largest absolute Gasteiger partial charge is 0.397 e. The second-order valence-electron chi connectivity index (χ2n) is 5.73. The summed E-state index contributed by atoms with van der Waals surface area (Å²) in [6.45, 7) is 0.531. The Labute approximate surface area is 122 Å². The molecule has 114 valence electrons. The van der Waals surface area contributed by atoms with Gasteiger partial charge in [0.25, 0.3) is 5.69 Å². The van der Waals surface area contributed by atoms with Gasteiger partial charge in [-0.3, -0.25) is 10.1 Å². The lowest BCUT2D eigenvalue weighted by atomic mass is 10.3. The van der Waals surface area contributed by atoms with E-state index in [0.717, 1.165) is 31.7 Å². The number of non-ortho nitro benzene ring substituents is 1. The number of nitro groups is 1. The molecule has 2 fully saturated rings. The lowest BCUT2D eigenvalue weighted by Crippen LogP contribution is -2.35. The molecule has 0 unspecified atom stereocenters. The Balaban J connectivity index is 1.94. The van der Waals surface area contributed by atoms with Crippen LogP contribution in [0.1, 0.15) is 25.7 Å². The van der Waals surface area contributed by atoms with Gasteiger partial charge in [0.2, 0.25) is 10.0 Å². The summed E-state index contributed by atoms with van der Waals surface area (Å²) < 4.78 is 27.0. The predicted octanol–water partition coefficient (Wildman–Crippen LogP) is 1.74. The van der Waals surface area contributed by atoms with Gasteiger partial charge in [0.1, 0.15) is 4.90 Å². The molecule has 0 bridgehead atoms. The predicted molar refractivity (Wildman–Crippen MR) is 77.1 cm³/mol. The maximum absolute atomic E-state index is 12.8. The van der Waals surface area contributed by atoms with Gasteiger partial charge >= 0.3 is 0 Å². The molecule has 1 aromatic carbocycles. The van der Waals surface area contributed by atoms with E-state index in [4.69, 9.17) is 5.73 Å². The molecule has 21 heavy (non-hydrogen) atoms. The monoisotopic (exact) mass is 311 g/mol. The van der Waals surface area contributed by atoms with Crippen LogP contribution in [-0.2, 0) is 10.0 Å². The number of hydrogen-bond donors (Lipinski definition) is 1. The SMILES string of the molecule is Nc1cc([N+](=O)[O-])ccc1S(=O)(=O)N(CC1CC1)C1CC1. The Morgan fingerprint density at radius 1 is 1.29 bits per heavy atom. The molecule has 8 heteroatoms. The number of sulfonamides is 1. The molecule has 1 aromatic rings. The first-order valence-electron chi connectivity index (χ1n) is 6.95. The lowest BCUT2D eigenvalue weighted by Gasteiger charge is -2.22.